The maximum atomic E-state index is 5.26. The first kappa shape index (κ1) is 10.8. The van der Waals surface area contributed by atoms with E-state index < -0.39 is 0 Å². The van der Waals surface area contributed by atoms with Crippen LogP contribution in [-0.2, 0) is 6.42 Å². The number of aromatic nitrogens is 5. The Morgan fingerprint density at radius 1 is 1.33 bits per heavy atom. The van der Waals surface area contributed by atoms with E-state index in [2.05, 4.69) is 25.6 Å². The second-order valence-corrected chi connectivity index (χ2v) is 4.14. The molecular weight excluding hydrogens is 230 g/mol. The number of benzene rings is 1. The Balaban J connectivity index is 2.11. The number of ether oxygens (including phenoxy) is 1. The van der Waals surface area contributed by atoms with Gasteiger partial charge in [-0.3, -0.25) is 0 Å². The van der Waals surface area contributed by atoms with Crippen LogP contribution in [0.3, 0.4) is 0 Å². The quantitative estimate of drug-likeness (QED) is 0.732. The molecule has 0 saturated carbocycles. The lowest BCUT2D eigenvalue weighted by molar-refractivity contribution is 0.415. The zero-order chi connectivity index (χ0) is 12.5. The van der Waals surface area contributed by atoms with Gasteiger partial charge in [-0.25, -0.2) is 0 Å². The van der Waals surface area contributed by atoms with Crippen molar-refractivity contribution in [1.29, 1.82) is 0 Å². The molecule has 2 heterocycles. The molecule has 0 spiro atoms. The Hall–Kier alpha value is -2.37. The number of tetrazole rings is 1. The van der Waals surface area contributed by atoms with Gasteiger partial charge in [0.2, 0.25) is 0 Å². The van der Waals surface area contributed by atoms with Crippen molar-refractivity contribution >= 4 is 10.9 Å². The molecule has 92 valence electrons. The molecule has 6 heteroatoms. The highest BCUT2D eigenvalue weighted by atomic mass is 16.5. The largest absolute Gasteiger partial charge is 0.497 e. The minimum Gasteiger partial charge on any atom is -0.497 e. The molecule has 3 aromatic rings. The maximum Gasteiger partial charge on any atom is 0.179 e. The van der Waals surface area contributed by atoms with Crippen molar-refractivity contribution in [2.75, 3.05) is 7.11 Å². The van der Waals surface area contributed by atoms with Crippen LogP contribution < -0.4 is 4.74 Å². The molecule has 0 aliphatic rings. The fraction of sp³-hybridized carbons (Fsp3) is 0.250. The lowest BCUT2D eigenvalue weighted by atomic mass is 10.1. The predicted molar refractivity (Wildman–Crippen MR) is 66.6 cm³/mol. The lowest BCUT2D eigenvalue weighted by Gasteiger charge is -2.01. The normalized spacial score (nSPS) is 11.0. The zero-order valence-corrected chi connectivity index (χ0v) is 10.2. The smallest absolute Gasteiger partial charge is 0.179 e. The third-order valence-electron chi connectivity index (χ3n) is 3.05. The standard InChI is InChI=1S/C12H13N5O/c1-7-9(6-12-14-16-17-15-12)10-5-8(18-2)3-4-11(10)13-7/h3-5,13H,6H2,1-2H3,(H,14,15,16,17). The Morgan fingerprint density at radius 2 is 2.22 bits per heavy atom. The summed E-state index contributed by atoms with van der Waals surface area (Å²) in [6.07, 6.45) is 0.648. The Morgan fingerprint density at radius 3 is 2.94 bits per heavy atom. The van der Waals surface area contributed by atoms with Crippen LogP contribution in [-0.4, -0.2) is 32.7 Å². The summed E-state index contributed by atoms with van der Waals surface area (Å²) in [7, 11) is 1.67. The van der Waals surface area contributed by atoms with Crippen molar-refractivity contribution in [2.45, 2.75) is 13.3 Å². The molecule has 0 aliphatic carbocycles. The SMILES string of the molecule is COc1ccc2[nH]c(C)c(Cc3nn[nH]n3)c2c1. The molecule has 6 nitrogen and oxygen atoms in total. The molecule has 0 fully saturated rings. The number of hydrogen-bond acceptors (Lipinski definition) is 4. The van der Waals surface area contributed by atoms with Gasteiger partial charge in [0.15, 0.2) is 5.82 Å². The van der Waals surface area contributed by atoms with Crippen molar-refractivity contribution in [2.24, 2.45) is 0 Å². The molecular formula is C12H13N5O. The fourth-order valence-electron chi connectivity index (χ4n) is 2.13. The molecule has 2 aromatic heterocycles. The Labute approximate surface area is 103 Å². The van der Waals surface area contributed by atoms with Crippen molar-refractivity contribution in [3.05, 3.63) is 35.3 Å². The number of rotatable bonds is 3. The molecule has 0 atom stereocenters. The average molecular weight is 243 g/mol. The third-order valence-corrected chi connectivity index (χ3v) is 3.05. The van der Waals surface area contributed by atoms with Crippen LogP contribution >= 0.6 is 0 Å². The third kappa shape index (κ3) is 1.71. The van der Waals surface area contributed by atoms with Crippen LogP contribution in [0, 0.1) is 6.92 Å². The monoisotopic (exact) mass is 243 g/mol. The summed E-state index contributed by atoms with van der Waals surface area (Å²) >= 11 is 0. The van der Waals surface area contributed by atoms with Crippen molar-refractivity contribution < 1.29 is 4.74 Å². The fourth-order valence-corrected chi connectivity index (χ4v) is 2.13. The number of H-pyrrole nitrogens is 2. The van der Waals surface area contributed by atoms with Crippen LogP contribution in [0.4, 0.5) is 0 Å². The second-order valence-electron chi connectivity index (χ2n) is 4.14. The van der Waals surface area contributed by atoms with Gasteiger partial charge in [0.25, 0.3) is 0 Å². The molecule has 0 saturated heterocycles. The van der Waals surface area contributed by atoms with E-state index in [1.54, 1.807) is 7.11 Å². The topological polar surface area (TPSA) is 79.5 Å². The van der Waals surface area contributed by atoms with E-state index in [0.717, 1.165) is 22.3 Å². The molecule has 0 amide bonds. The summed E-state index contributed by atoms with van der Waals surface area (Å²) in [5.74, 6) is 1.53. The Bertz CT molecular complexity index is 671. The first-order valence-electron chi connectivity index (χ1n) is 5.65. The van der Waals surface area contributed by atoms with Gasteiger partial charge in [0.05, 0.1) is 7.11 Å². The van der Waals surface area contributed by atoms with Crippen molar-refractivity contribution in [1.82, 2.24) is 25.6 Å². The van der Waals surface area contributed by atoms with Gasteiger partial charge in [0, 0.05) is 23.0 Å². The van der Waals surface area contributed by atoms with Crippen LogP contribution in [0.15, 0.2) is 18.2 Å². The first-order valence-corrected chi connectivity index (χ1v) is 5.65. The van der Waals surface area contributed by atoms with Crippen LogP contribution in [0.2, 0.25) is 0 Å². The average Bonchev–Trinajstić information content (AvgIpc) is 2.99. The molecule has 2 N–H and O–H groups in total. The van der Waals surface area contributed by atoms with Gasteiger partial charge < -0.3 is 9.72 Å². The molecule has 3 rings (SSSR count). The van der Waals surface area contributed by atoms with Crippen molar-refractivity contribution in [3.8, 4) is 5.75 Å². The number of nitrogens with one attached hydrogen (secondary N) is 2. The van der Waals surface area contributed by atoms with Gasteiger partial charge in [-0.2, -0.15) is 5.21 Å². The van der Waals surface area contributed by atoms with Gasteiger partial charge in [0.1, 0.15) is 5.75 Å². The van der Waals surface area contributed by atoms with Crippen LogP contribution in [0.25, 0.3) is 10.9 Å². The van der Waals surface area contributed by atoms with Gasteiger partial charge >= 0.3 is 0 Å². The first-order chi connectivity index (χ1) is 8.78. The number of aromatic amines is 2. The van der Waals surface area contributed by atoms with E-state index in [1.165, 1.54) is 5.56 Å². The van der Waals surface area contributed by atoms with Crippen LogP contribution in [0.5, 0.6) is 5.75 Å². The van der Waals surface area contributed by atoms with E-state index in [0.29, 0.717) is 12.2 Å². The van der Waals surface area contributed by atoms with Crippen molar-refractivity contribution in [3.63, 3.8) is 0 Å². The number of nitrogens with zero attached hydrogens (tertiary/aromatic N) is 3. The molecule has 0 bridgehead atoms. The maximum absolute atomic E-state index is 5.26. The molecule has 1 aromatic carbocycles. The highest BCUT2D eigenvalue weighted by Gasteiger charge is 2.12. The Kier molecular flexibility index (Phi) is 2.47. The highest BCUT2D eigenvalue weighted by Crippen LogP contribution is 2.27. The number of aryl methyl sites for hydroxylation is 1. The van der Waals surface area contributed by atoms with Gasteiger partial charge in [-0.15, -0.1) is 10.2 Å². The number of hydrogen-bond donors (Lipinski definition) is 2. The molecule has 0 aliphatic heterocycles. The van der Waals surface area contributed by atoms with E-state index in [1.807, 2.05) is 25.1 Å². The zero-order valence-electron chi connectivity index (χ0n) is 10.2. The van der Waals surface area contributed by atoms with Gasteiger partial charge in [-0.1, -0.05) is 5.21 Å². The van der Waals surface area contributed by atoms with E-state index in [9.17, 15) is 0 Å². The predicted octanol–water partition coefficient (Wildman–Crippen LogP) is 1.59. The molecule has 0 unspecified atom stereocenters. The minimum atomic E-state index is 0.648. The highest BCUT2D eigenvalue weighted by molar-refractivity contribution is 5.86. The van der Waals surface area contributed by atoms with Crippen LogP contribution in [0.1, 0.15) is 17.1 Å². The van der Waals surface area contributed by atoms with E-state index >= 15 is 0 Å². The summed E-state index contributed by atoms with van der Waals surface area (Å²) in [5, 5.41) is 15.2. The molecule has 0 radical (unpaired) electrons. The lowest BCUT2D eigenvalue weighted by Crippen LogP contribution is -1.92. The van der Waals surface area contributed by atoms with Gasteiger partial charge in [-0.05, 0) is 30.7 Å². The minimum absolute atomic E-state index is 0.648. The summed E-state index contributed by atoms with van der Waals surface area (Å²) in [5.41, 5.74) is 3.38. The van der Waals surface area contributed by atoms with E-state index in [4.69, 9.17) is 4.74 Å². The molecule has 18 heavy (non-hydrogen) atoms. The number of methoxy groups -OCH3 is 1. The summed E-state index contributed by atoms with van der Waals surface area (Å²) in [4.78, 5) is 3.35. The summed E-state index contributed by atoms with van der Waals surface area (Å²) in [6.45, 7) is 2.04. The van der Waals surface area contributed by atoms with E-state index in [-0.39, 0.29) is 0 Å². The number of fused-ring (bicyclic) bond motifs is 1. The second kappa shape index (κ2) is 4.14. The summed E-state index contributed by atoms with van der Waals surface area (Å²) < 4.78 is 5.26. The summed E-state index contributed by atoms with van der Waals surface area (Å²) in [6, 6.07) is 5.98.